The molecule has 1 aromatic rings. The second-order valence-corrected chi connectivity index (χ2v) is 6.41. The molecule has 0 amide bonds. The molecule has 0 spiro atoms. The van der Waals surface area contributed by atoms with Crippen LogP contribution in [0, 0.1) is 19.8 Å². The number of hydrogen-bond donors (Lipinski definition) is 0. The Labute approximate surface area is 131 Å². The summed E-state index contributed by atoms with van der Waals surface area (Å²) in [6.45, 7) is 18.2. The Morgan fingerprint density at radius 3 is 2.43 bits per heavy atom. The summed E-state index contributed by atoms with van der Waals surface area (Å²) in [6.07, 6.45) is 5.50. The minimum atomic E-state index is 0.557. The summed E-state index contributed by atoms with van der Waals surface area (Å²) >= 11 is 0. The molecular weight excluding hydrogens is 254 g/mol. The zero-order valence-corrected chi connectivity index (χ0v) is 14.6. The summed E-state index contributed by atoms with van der Waals surface area (Å²) in [5.41, 5.74) is 5.14. The van der Waals surface area contributed by atoms with Crippen LogP contribution in [0.5, 0.6) is 0 Å². The van der Waals surface area contributed by atoms with Gasteiger partial charge in [-0.25, -0.2) is 0 Å². The van der Waals surface area contributed by atoms with Crippen molar-refractivity contribution in [2.45, 2.75) is 54.0 Å². The van der Waals surface area contributed by atoms with Gasteiger partial charge in [-0.05, 0) is 44.7 Å². The second kappa shape index (κ2) is 8.07. The Bertz CT molecular complexity index is 497. The first-order valence-electron chi connectivity index (χ1n) is 8.02. The van der Waals surface area contributed by atoms with E-state index in [2.05, 4.69) is 76.4 Å². The average Bonchev–Trinajstić information content (AvgIpc) is 2.37. The summed E-state index contributed by atoms with van der Waals surface area (Å²) in [4.78, 5) is 2.54. The molecule has 1 atom stereocenters. The lowest BCUT2D eigenvalue weighted by Gasteiger charge is -2.36. The first kappa shape index (κ1) is 17.6. The van der Waals surface area contributed by atoms with Gasteiger partial charge in [-0.2, -0.15) is 0 Å². The molecule has 1 heteroatoms. The molecule has 1 aromatic carbocycles. The highest BCUT2D eigenvalue weighted by Gasteiger charge is 2.20. The smallest absolute Gasteiger partial charge is 0.0401 e. The maximum atomic E-state index is 3.95. The number of aryl methyl sites for hydroxylation is 2. The fraction of sp³-hybridized carbons (Fsp3) is 0.500. The van der Waals surface area contributed by atoms with Crippen LogP contribution in [0.15, 0.2) is 42.5 Å². The average molecular weight is 285 g/mol. The summed E-state index contributed by atoms with van der Waals surface area (Å²) < 4.78 is 0. The Balaban J connectivity index is 3.13. The van der Waals surface area contributed by atoms with E-state index >= 15 is 0 Å². The van der Waals surface area contributed by atoms with Crippen molar-refractivity contribution in [1.82, 2.24) is 0 Å². The molecule has 0 aliphatic rings. The maximum Gasteiger partial charge on any atom is 0.0401 e. The van der Waals surface area contributed by atoms with Crippen molar-refractivity contribution < 1.29 is 0 Å². The van der Waals surface area contributed by atoms with E-state index < -0.39 is 0 Å². The fourth-order valence-electron chi connectivity index (χ4n) is 2.96. The van der Waals surface area contributed by atoms with E-state index in [1.165, 1.54) is 16.8 Å². The molecule has 0 saturated carbocycles. The molecule has 0 N–H and O–H groups in total. The normalized spacial score (nSPS) is 12.9. The molecule has 1 unspecified atom stereocenters. The van der Waals surface area contributed by atoms with Gasteiger partial charge in [0.1, 0.15) is 0 Å². The monoisotopic (exact) mass is 285 g/mol. The van der Waals surface area contributed by atoms with E-state index in [-0.39, 0.29) is 0 Å². The highest BCUT2D eigenvalue weighted by molar-refractivity contribution is 5.55. The fourth-order valence-corrected chi connectivity index (χ4v) is 2.96. The van der Waals surface area contributed by atoms with Crippen LogP contribution >= 0.6 is 0 Å². The van der Waals surface area contributed by atoms with E-state index in [1.54, 1.807) is 0 Å². The van der Waals surface area contributed by atoms with Gasteiger partial charge in [0.2, 0.25) is 0 Å². The summed E-state index contributed by atoms with van der Waals surface area (Å²) in [7, 11) is 0. The second-order valence-electron chi connectivity index (χ2n) is 6.41. The lowest BCUT2D eigenvalue weighted by Crippen LogP contribution is -2.39. The van der Waals surface area contributed by atoms with E-state index in [1.807, 2.05) is 6.92 Å². The van der Waals surface area contributed by atoms with Gasteiger partial charge in [0, 0.05) is 18.3 Å². The quantitative estimate of drug-likeness (QED) is 0.583. The van der Waals surface area contributed by atoms with Crippen LogP contribution in [0.25, 0.3) is 0 Å². The number of rotatable bonds is 7. The summed E-state index contributed by atoms with van der Waals surface area (Å²) in [6, 6.07) is 7.31. The van der Waals surface area contributed by atoms with Gasteiger partial charge in [0.05, 0.1) is 0 Å². The number of allylic oxidation sites excluding steroid dienone is 2. The van der Waals surface area contributed by atoms with Gasteiger partial charge in [-0.3, -0.25) is 0 Å². The number of nitrogens with zero attached hydrogens (tertiary/aromatic N) is 1. The summed E-state index contributed by atoms with van der Waals surface area (Å²) in [5.74, 6) is 0.633. The topological polar surface area (TPSA) is 3.24 Å². The van der Waals surface area contributed by atoms with Crippen molar-refractivity contribution in [1.29, 1.82) is 0 Å². The molecule has 0 aromatic heterocycles. The highest BCUT2D eigenvalue weighted by Crippen LogP contribution is 2.27. The molecule has 0 fully saturated rings. The molecule has 0 heterocycles. The molecule has 0 bridgehead atoms. The van der Waals surface area contributed by atoms with Crippen molar-refractivity contribution in [3.8, 4) is 0 Å². The lowest BCUT2D eigenvalue weighted by atomic mass is 9.97. The third-order valence-corrected chi connectivity index (χ3v) is 3.95. The molecule has 0 radical (unpaired) electrons. The Morgan fingerprint density at radius 1 is 1.29 bits per heavy atom. The molecule has 116 valence electrons. The van der Waals surface area contributed by atoms with E-state index in [9.17, 15) is 0 Å². The third-order valence-electron chi connectivity index (χ3n) is 3.95. The van der Waals surface area contributed by atoms with Crippen LogP contribution < -0.4 is 4.90 Å². The number of hydrogen-bond acceptors (Lipinski definition) is 1. The molecule has 0 aliphatic heterocycles. The Kier molecular flexibility index (Phi) is 6.74. The van der Waals surface area contributed by atoms with Crippen LogP contribution in [0.4, 0.5) is 5.69 Å². The highest BCUT2D eigenvalue weighted by atomic mass is 15.2. The predicted molar refractivity (Wildman–Crippen MR) is 96.1 cm³/mol. The number of anilines is 1. The zero-order chi connectivity index (χ0) is 16.0. The van der Waals surface area contributed by atoms with Gasteiger partial charge in [0.15, 0.2) is 0 Å². The van der Waals surface area contributed by atoms with Crippen molar-refractivity contribution in [2.75, 3.05) is 11.4 Å². The van der Waals surface area contributed by atoms with Gasteiger partial charge in [-0.1, -0.05) is 62.8 Å². The number of benzene rings is 1. The van der Waals surface area contributed by atoms with Crippen molar-refractivity contribution in [2.24, 2.45) is 5.92 Å². The molecule has 1 rings (SSSR count). The van der Waals surface area contributed by atoms with Crippen LogP contribution in [-0.2, 0) is 0 Å². The molecule has 1 nitrogen and oxygen atoms in total. The molecule has 0 aliphatic carbocycles. The van der Waals surface area contributed by atoms with E-state index in [4.69, 9.17) is 0 Å². The summed E-state index contributed by atoms with van der Waals surface area (Å²) in [5, 5.41) is 0. The predicted octanol–water partition coefficient (Wildman–Crippen LogP) is 5.68. The first-order valence-corrected chi connectivity index (χ1v) is 8.02. The van der Waals surface area contributed by atoms with Gasteiger partial charge >= 0.3 is 0 Å². The SMILES string of the molecule is C=C(C)/C=C/CN(c1ccc(C)cc1C)C(CC)C(C)C. The van der Waals surface area contributed by atoms with Crippen LogP contribution in [0.2, 0.25) is 0 Å². The largest absolute Gasteiger partial charge is 0.364 e. The van der Waals surface area contributed by atoms with E-state index in [0.29, 0.717) is 12.0 Å². The van der Waals surface area contributed by atoms with Crippen LogP contribution in [-0.4, -0.2) is 12.6 Å². The molecule has 21 heavy (non-hydrogen) atoms. The van der Waals surface area contributed by atoms with Crippen LogP contribution in [0.1, 0.15) is 45.2 Å². The Hall–Kier alpha value is -1.50. The van der Waals surface area contributed by atoms with Crippen molar-refractivity contribution in [3.63, 3.8) is 0 Å². The third kappa shape index (κ3) is 5.08. The molecule has 0 saturated heterocycles. The lowest BCUT2D eigenvalue weighted by molar-refractivity contribution is 0.451. The minimum absolute atomic E-state index is 0.557. The van der Waals surface area contributed by atoms with Gasteiger partial charge in [-0.15, -0.1) is 0 Å². The van der Waals surface area contributed by atoms with Gasteiger partial charge in [0.25, 0.3) is 0 Å². The van der Waals surface area contributed by atoms with Crippen LogP contribution in [0.3, 0.4) is 0 Å². The van der Waals surface area contributed by atoms with Crippen molar-refractivity contribution >= 4 is 5.69 Å². The molecular formula is C20H31N. The Morgan fingerprint density at radius 2 is 1.95 bits per heavy atom. The maximum absolute atomic E-state index is 3.95. The van der Waals surface area contributed by atoms with E-state index in [0.717, 1.165) is 18.5 Å². The first-order chi connectivity index (χ1) is 9.86. The zero-order valence-electron chi connectivity index (χ0n) is 14.6. The van der Waals surface area contributed by atoms with Gasteiger partial charge < -0.3 is 4.90 Å². The standard InChI is InChI=1S/C20H31N/c1-8-19(16(4)5)21(13-9-10-15(2)3)20-12-11-17(6)14-18(20)7/h9-12,14,16,19H,2,8,13H2,1,3-7H3/b10-9+. The van der Waals surface area contributed by atoms with Crippen molar-refractivity contribution in [3.05, 3.63) is 53.6 Å². The minimum Gasteiger partial charge on any atom is -0.364 e.